The van der Waals surface area contributed by atoms with E-state index in [9.17, 15) is 0 Å². The van der Waals surface area contributed by atoms with Crippen LogP contribution in [0.3, 0.4) is 0 Å². The fourth-order valence-electron chi connectivity index (χ4n) is 1.37. The molecule has 1 aromatic heterocycles. The number of nitrogens with zero attached hydrogens (tertiary/aromatic N) is 3. The van der Waals surface area contributed by atoms with Crippen molar-refractivity contribution in [2.75, 3.05) is 19.5 Å². The van der Waals surface area contributed by atoms with E-state index in [1.54, 1.807) is 7.05 Å². The van der Waals surface area contributed by atoms with E-state index in [-0.39, 0.29) is 0 Å². The van der Waals surface area contributed by atoms with E-state index in [2.05, 4.69) is 39.3 Å². The lowest BCUT2D eigenvalue weighted by Crippen LogP contribution is -2.02. The molecule has 1 aromatic carbocycles. The van der Waals surface area contributed by atoms with E-state index >= 15 is 0 Å². The largest absolute Gasteiger partial charge is 0.467 e. The summed E-state index contributed by atoms with van der Waals surface area (Å²) in [6.07, 6.45) is 0. The van der Waals surface area contributed by atoms with Crippen molar-refractivity contribution in [3.8, 4) is 6.01 Å². The van der Waals surface area contributed by atoms with Crippen LogP contribution in [-0.4, -0.2) is 29.1 Å². The zero-order valence-corrected chi connectivity index (χ0v) is 11.3. The van der Waals surface area contributed by atoms with E-state index in [0.717, 1.165) is 4.90 Å². The minimum atomic E-state index is 0.310. The highest BCUT2D eigenvalue weighted by atomic mass is 32.2. The smallest absolute Gasteiger partial charge is 0.321 e. The molecule has 0 aliphatic heterocycles. The van der Waals surface area contributed by atoms with Crippen molar-refractivity contribution in [2.24, 2.45) is 0 Å². The van der Waals surface area contributed by atoms with Gasteiger partial charge in [0, 0.05) is 11.9 Å². The molecule has 0 unspecified atom stereocenters. The monoisotopic (exact) mass is 262 g/mol. The van der Waals surface area contributed by atoms with Crippen LogP contribution in [0.5, 0.6) is 6.01 Å². The highest BCUT2D eigenvalue weighted by molar-refractivity contribution is 7.99. The molecule has 2 rings (SSSR count). The van der Waals surface area contributed by atoms with Crippen LogP contribution in [0.1, 0.15) is 5.56 Å². The lowest BCUT2D eigenvalue weighted by molar-refractivity contribution is 0.374. The topological polar surface area (TPSA) is 59.9 Å². The third-order valence-electron chi connectivity index (χ3n) is 2.20. The van der Waals surface area contributed by atoms with Gasteiger partial charge in [-0.05, 0) is 30.8 Å². The Morgan fingerprint density at radius 1 is 1.22 bits per heavy atom. The molecule has 1 N–H and O–H groups in total. The number of methoxy groups -OCH3 is 1. The molecule has 6 heteroatoms. The van der Waals surface area contributed by atoms with Crippen molar-refractivity contribution < 1.29 is 4.74 Å². The van der Waals surface area contributed by atoms with Gasteiger partial charge < -0.3 is 10.1 Å². The quantitative estimate of drug-likeness (QED) is 0.913. The Hall–Kier alpha value is -1.82. The summed E-state index contributed by atoms with van der Waals surface area (Å²) in [4.78, 5) is 13.6. The van der Waals surface area contributed by atoms with Crippen LogP contribution in [0.25, 0.3) is 0 Å². The molecule has 18 heavy (non-hydrogen) atoms. The van der Waals surface area contributed by atoms with Gasteiger partial charge in [-0.3, -0.25) is 0 Å². The summed E-state index contributed by atoms with van der Waals surface area (Å²) in [6.45, 7) is 2.05. The molecule has 1 heterocycles. The number of rotatable bonds is 4. The fraction of sp³-hybridized carbons (Fsp3) is 0.250. The standard InChI is InChI=1S/C12H14N4OS/c1-8-5-4-6-9(7-8)18-12-15-10(13-2)14-11(16-12)17-3/h4-7H,1-3H3,(H,13,14,15,16). The Labute approximate surface area is 110 Å². The van der Waals surface area contributed by atoms with Crippen molar-refractivity contribution in [1.82, 2.24) is 15.0 Å². The van der Waals surface area contributed by atoms with Crippen LogP contribution in [0, 0.1) is 6.92 Å². The summed E-state index contributed by atoms with van der Waals surface area (Å²) in [5.74, 6) is 0.497. The third kappa shape index (κ3) is 3.10. The number of aryl methyl sites for hydroxylation is 1. The number of anilines is 1. The van der Waals surface area contributed by atoms with Crippen molar-refractivity contribution in [1.29, 1.82) is 0 Å². The van der Waals surface area contributed by atoms with Crippen LogP contribution in [0.4, 0.5) is 5.95 Å². The van der Waals surface area contributed by atoms with E-state index in [1.807, 2.05) is 12.1 Å². The van der Waals surface area contributed by atoms with Crippen LogP contribution in [-0.2, 0) is 0 Å². The van der Waals surface area contributed by atoms with Crippen molar-refractivity contribution in [3.05, 3.63) is 29.8 Å². The molecular formula is C12H14N4OS. The average molecular weight is 262 g/mol. The Morgan fingerprint density at radius 2 is 2.06 bits per heavy atom. The number of aromatic nitrogens is 3. The van der Waals surface area contributed by atoms with Gasteiger partial charge in [0.05, 0.1) is 7.11 Å². The molecule has 0 aliphatic rings. The van der Waals surface area contributed by atoms with Crippen LogP contribution >= 0.6 is 11.8 Å². The second kappa shape index (κ2) is 5.68. The first-order valence-electron chi connectivity index (χ1n) is 5.43. The second-order valence-corrected chi connectivity index (χ2v) is 4.64. The fourth-order valence-corrected chi connectivity index (χ4v) is 2.23. The SMILES string of the molecule is CNc1nc(OC)nc(Sc2cccc(C)c2)n1. The molecule has 0 fully saturated rings. The molecule has 0 aliphatic carbocycles. The van der Waals surface area contributed by atoms with E-state index in [0.29, 0.717) is 17.1 Å². The van der Waals surface area contributed by atoms with Crippen molar-refractivity contribution in [3.63, 3.8) is 0 Å². The highest BCUT2D eigenvalue weighted by Crippen LogP contribution is 2.26. The molecular weight excluding hydrogens is 248 g/mol. The maximum Gasteiger partial charge on any atom is 0.321 e. The second-order valence-electron chi connectivity index (χ2n) is 3.60. The maximum atomic E-state index is 5.04. The Kier molecular flexibility index (Phi) is 3.99. The van der Waals surface area contributed by atoms with Gasteiger partial charge in [-0.15, -0.1) is 0 Å². The van der Waals surface area contributed by atoms with Gasteiger partial charge in [0.25, 0.3) is 0 Å². The van der Waals surface area contributed by atoms with Gasteiger partial charge in [-0.1, -0.05) is 17.7 Å². The van der Waals surface area contributed by atoms with E-state index in [1.165, 1.54) is 24.4 Å². The van der Waals surface area contributed by atoms with Gasteiger partial charge in [-0.2, -0.15) is 15.0 Å². The number of benzene rings is 1. The number of nitrogens with one attached hydrogen (secondary N) is 1. The number of ether oxygens (including phenoxy) is 1. The van der Waals surface area contributed by atoms with Crippen LogP contribution < -0.4 is 10.1 Å². The van der Waals surface area contributed by atoms with E-state index in [4.69, 9.17) is 4.74 Å². The van der Waals surface area contributed by atoms with Gasteiger partial charge in [0.2, 0.25) is 11.1 Å². The van der Waals surface area contributed by atoms with Crippen LogP contribution in [0.2, 0.25) is 0 Å². The van der Waals surface area contributed by atoms with E-state index < -0.39 is 0 Å². The summed E-state index contributed by atoms with van der Waals surface area (Å²) >= 11 is 1.48. The predicted molar refractivity (Wildman–Crippen MR) is 71.2 cm³/mol. The first-order valence-corrected chi connectivity index (χ1v) is 6.25. The maximum absolute atomic E-state index is 5.04. The zero-order valence-electron chi connectivity index (χ0n) is 10.5. The molecule has 2 aromatic rings. The lowest BCUT2D eigenvalue weighted by atomic mass is 10.2. The number of hydrogen-bond donors (Lipinski definition) is 1. The Bertz CT molecular complexity index is 525. The first-order chi connectivity index (χ1) is 8.71. The highest BCUT2D eigenvalue weighted by Gasteiger charge is 2.07. The summed E-state index contributed by atoms with van der Waals surface area (Å²) < 4.78 is 5.04. The first kappa shape index (κ1) is 12.6. The summed E-state index contributed by atoms with van der Waals surface area (Å²) in [6, 6.07) is 8.48. The van der Waals surface area contributed by atoms with Gasteiger partial charge in [0.15, 0.2) is 0 Å². The molecule has 0 amide bonds. The summed E-state index contributed by atoms with van der Waals surface area (Å²) in [5.41, 5.74) is 1.20. The Balaban J connectivity index is 2.28. The lowest BCUT2D eigenvalue weighted by Gasteiger charge is -2.05. The molecule has 0 saturated carbocycles. The van der Waals surface area contributed by atoms with Gasteiger partial charge in [0.1, 0.15) is 0 Å². The molecule has 5 nitrogen and oxygen atoms in total. The van der Waals surface area contributed by atoms with Crippen molar-refractivity contribution >= 4 is 17.7 Å². The van der Waals surface area contributed by atoms with Gasteiger partial charge in [-0.25, -0.2) is 0 Å². The molecule has 0 radical (unpaired) electrons. The summed E-state index contributed by atoms with van der Waals surface area (Å²) in [5, 5.41) is 3.49. The van der Waals surface area contributed by atoms with Crippen LogP contribution in [0.15, 0.2) is 34.3 Å². The molecule has 0 bridgehead atoms. The minimum Gasteiger partial charge on any atom is -0.467 e. The third-order valence-corrected chi connectivity index (χ3v) is 3.05. The minimum absolute atomic E-state index is 0.310. The van der Waals surface area contributed by atoms with Crippen molar-refractivity contribution in [2.45, 2.75) is 17.0 Å². The summed E-state index contributed by atoms with van der Waals surface area (Å²) in [7, 11) is 3.30. The zero-order chi connectivity index (χ0) is 13.0. The number of hydrogen-bond acceptors (Lipinski definition) is 6. The Morgan fingerprint density at radius 3 is 2.72 bits per heavy atom. The molecule has 0 saturated heterocycles. The molecule has 0 atom stereocenters. The molecule has 0 spiro atoms. The predicted octanol–water partition coefficient (Wildman–Crippen LogP) is 2.38. The average Bonchev–Trinajstić information content (AvgIpc) is 2.38. The van der Waals surface area contributed by atoms with Gasteiger partial charge >= 0.3 is 6.01 Å². The molecule has 94 valence electrons. The normalized spacial score (nSPS) is 10.2.